The lowest BCUT2D eigenvalue weighted by Gasteiger charge is -2.23. The maximum absolute atomic E-state index is 12.0. The number of hydrogen-bond acceptors (Lipinski definition) is 4. The van der Waals surface area contributed by atoms with Crippen molar-refractivity contribution in [2.45, 2.75) is 12.5 Å². The average Bonchev–Trinajstić information content (AvgIpc) is 2.35. The van der Waals surface area contributed by atoms with Crippen molar-refractivity contribution >= 4 is 35.1 Å². The van der Waals surface area contributed by atoms with Crippen LogP contribution in [0.25, 0.3) is 0 Å². The monoisotopic (exact) mass is 300 g/mol. The first-order chi connectivity index (χ1) is 9.31. The van der Waals surface area contributed by atoms with Gasteiger partial charge in [0.15, 0.2) is 0 Å². The third kappa shape index (κ3) is 4.52. The van der Waals surface area contributed by atoms with E-state index in [0.717, 1.165) is 4.90 Å². The van der Waals surface area contributed by atoms with Crippen LogP contribution in [0.4, 0.5) is 5.69 Å². The Bertz CT molecular complexity index is 517. The number of amides is 1. The lowest BCUT2D eigenvalue weighted by Crippen LogP contribution is -2.47. The number of anilines is 1. The topological polar surface area (TPSA) is 121 Å². The Morgan fingerprint density at radius 2 is 1.70 bits per heavy atom. The summed E-state index contributed by atoms with van der Waals surface area (Å²) in [7, 11) is 0. The highest BCUT2D eigenvalue weighted by Crippen LogP contribution is 2.19. The van der Waals surface area contributed by atoms with Crippen molar-refractivity contribution < 1.29 is 24.6 Å². The van der Waals surface area contributed by atoms with Gasteiger partial charge in [-0.05, 0) is 24.3 Å². The van der Waals surface area contributed by atoms with Gasteiger partial charge >= 0.3 is 11.9 Å². The standard InChI is InChI=1S/C12H13ClN2O5/c13-7-1-3-8(4-2-7)15(6-11(18)19)12(20)9(14)5-10(16)17/h1-4,9H,5-6,14H2,(H,16,17)(H,18,19). The van der Waals surface area contributed by atoms with E-state index in [2.05, 4.69) is 0 Å². The Balaban J connectivity index is 2.99. The number of carboxylic acid groups (broad SMARTS) is 2. The van der Waals surface area contributed by atoms with Crippen molar-refractivity contribution in [1.29, 1.82) is 0 Å². The van der Waals surface area contributed by atoms with Gasteiger partial charge in [-0.25, -0.2) is 0 Å². The van der Waals surface area contributed by atoms with E-state index in [4.69, 9.17) is 27.5 Å². The van der Waals surface area contributed by atoms with Crippen molar-refractivity contribution in [2.75, 3.05) is 11.4 Å². The number of rotatable bonds is 6. The predicted octanol–water partition coefficient (Wildman–Crippen LogP) is 0.560. The van der Waals surface area contributed by atoms with Crippen LogP contribution < -0.4 is 10.6 Å². The second-order valence-corrected chi connectivity index (χ2v) is 4.44. The predicted molar refractivity (Wildman–Crippen MR) is 71.7 cm³/mol. The number of carbonyl (C=O) groups excluding carboxylic acids is 1. The average molecular weight is 301 g/mol. The van der Waals surface area contributed by atoms with Crippen LogP contribution in [0.15, 0.2) is 24.3 Å². The molecule has 1 amide bonds. The molecular formula is C12H13ClN2O5. The minimum absolute atomic E-state index is 0.280. The number of carbonyl (C=O) groups is 3. The molecule has 108 valence electrons. The first-order valence-corrected chi connectivity index (χ1v) is 5.95. The minimum atomic E-state index is -1.32. The third-order valence-electron chi connectivity index (χ3n) is 2.41. The largest absolute Gasteiger partial charge is 0.481 e. The number of hydrogen-bond donors (Lipinski definition) is 3. The van der Waals surface area contributed by atoms with E-state index in [1.807, 2.05) is 0 Å². The second-order valence-electron chi connectivity index (χ2n) is 4.00. The highest BCUT2D eigenvalue weighted by atomic mass is 35.5. The molecular weight excluding hydrogens is 288 g/mol. The van der Waals surface area contributed by atoms with E-state index in [-0.39, 0.29) is 5.69 Å². The summed E-state index contributed by atoms with van der Waals surface area (Å²) in [5.41, 5.74) is 5.75. The van der Waals surface area contributed by atoms with E-state index in [1.165, 1.54) is 24.3 Å². The van der Waals surface area contributed by atoms with Crippen molar-refractivity contribution in [2.24, 2.45) is 5.73 Å². The molecule has 0 radical (unpaired) electrons. The molecule has 1 aromatic carbocycles. The smallest absolute Gasteiger partial charge is 0.323 e. The highest BCUT2D eigenvalue weighted by Gasteiger charge is 2.26. The fourth-order valence-electron chi connectivity index (χ4n) is 1.53. The highest BCUT2D eigenvalue weighted by molar-refractivity contribution is 6.30. The Morgan fingerprint density at radius 3 is 2.15 bits per heavy atom. The van der Waals surface area contributed by atoms with Crippen molar-refractivity contribution in [1.82, 2.24) is 0 Å². The van der Waals surface area contributed by atoms with Gasteiger partial charge in [0.05, 0.1) is 12.5 Å². The van der Waals surface area contributed by atoms with Gasteiger partial charge in [-0.15, -0.1) is 0 Å². The maximum Gasteiger partial charge on any atom is 0.323 e. The molecule has 0 aliphatic carbocycles. The molecule has 0 fully saturated rings. The van der Waals surface area contributed by atoms with Gasteiger partial charge in [0, 0.05) is 10.7 Å². The van der Waals surface area contributed by atoms with Crippen LogP contribution in [-0.4, -0.2) is 40.6 Å². The van der Waals surface area contributed by atoms with Crippen molar-refractivity contribution in [3.63, 3.8) is 0 Å². The molecule has 0 spiro atoms. The Morgan fingerprint density at radius 1 is 1.15 bits per heavy atom. The van der Waals surface area contributed by atoms with Crippen LogP contribution in [0, 0.1) is 0 Å². The van der Waals surface area contributed by atoms with E-state index < -0.39 is 36.9 Å². The number of halogens is 1. The summed E-state index contributed by atoms with van der Waals surface area (Å²) in [5.74, 6) is -3.26. The first kappa shape index (κ1) is 15.9. The summed E-state index contributed by atoms with van der Waals surface area (Å²) in [4.78, 5) is 34.3. The summed E-state index contributed by atoms with van der Waals surface area (Å²) in [5, 5.41) is 17.9. The van der Waals surface area contributed by atoms with Crippen molar-refractivity contribution in [3.05, 3.63) is 29.3 Å². The number of nitrogens with zero attached hydrogens (tertiary/aromatic N) is 1. The molecule has 0 bridgehead atoms. The van der Waals surface area contributed by atoms with Gasteiger partial charge in [0.1, 0.15) is 6.54 Å². The van der Waals surface area contributed by atoms with Gasteiger partial charge in [0.25, 0.3) is 0 Å². The lowest BCUT2D eigenvalue weighted by molar-refractivity contribution is -0.139. The lowest BCUT2D eigenvalue weighted by atomic mass is 10.1. The summed E-state index contributed by atoms with van der Waals surface area (Å²) in [6, 6.07) is 4.57. The van der Waals surface area contributed by atoms with Gasteiger partial charge < -0.3 is 15.9 Å². The number of aliphatic carboxylic acids is 2. The molecule has 4 N–H and O–H groups in total. The summed E-state index contributed by atoms with van der Waals surface area (Å²) in [6.45, 7) is -0.617. The molecule has 0 aromatic heterocycles. The molecule has 0 saturated heterocycles. The van der Waals surface area contributed by atoms with Crippen LogP contribution in [-0.2, 0) is 14.4 Å². The van der Waals surface area contributed by atoms with Gasteiger partial charge in [-0.2, -0.15) is 0 Å². The molecule has 0 saturated carbocycles. The second kappa shape index (κ2) is 6.88. The van der Waals surface area contributed by atoms with Crippen LogP contribution in [0.5, 0.6) is 0 Å². The molecule has 7 nitrogen and oxygen atoms in total. The minimum Gasteiger partial charge on any atom is -0.481 e. The van der Waals surface area contributed by atoms with E-state index >= 15 is 0 Å². The van der Waals surface area contributed by atoms with E-state index in [9.17, 15) is 14.4 Å². The molecule has 0 aliphatic heterocycles. The number of benzene rings is 1. The van der Waals surface area contributed by atoms with E-state index in [1.54, 1.807) is 0 Å². The molecule has 1 aromatic rings. The zero-order valence-corrected chi connectivity index (χ0v) is 11.1. The zero-order valence-electron chi connectivity index (χ0n) is 10.3. The quantitative estimate of drug-likeness (QED) is 0.706. The van der Waals surface area contributed by atoms with Crippen LogP contribution in [0.1, 0.15) is 6.42 Å². The fourth-order valence-corrected chi connectivity index (χ4v) is 1.65. The Kier molecular flexibility index (Phi) is 5.48. The van der Waals surface area contributed by atoms with Gasteiger partial charge in [-0.1, -0.05) is 11.6 Å². The molecule has 1 rings (SSSR count). The first-order valence-electron chi connectivity index (χ1n) is 5.57. The molecule has 1 atom stereocenters. The molecule has 20 heavy (non-hydrogen) atoms. The van der Waals surface area contributed by atoms with Crippen molar-refractivity contribution in [3.8, 4) is 0 Å². The molecule has 1 unspecified atom stereocenters. The normalized spacial score (nSPS) is 11.7. The molecule has 8 heteroatoms. The van der Waals surface area contributed by atoms with Crippen LogP contribution in [0.2, 0.25) is 5.02 Å². The summed E-state index contributed by atoms with van der Waals surface area (Å²) < 4.78 is 0. The maximum atomic E-state index is 12.0. The summed E-state index contributed by atoms with van der Waals surface area (Å²) in [6.07, 6.45) is -0.581. The number of nitrogens with two attached hydrogens (primary N) is 1. The summed E-state index contributed by atoms with van der Waals surface area (Å²) >= 11 is 5.71. The molecule has 0 aliphatic rings. The Hall–Kier alpha value is -2.12. The van der Waals surface area contributed by atoms with E-state index in [0.29, 0.717) is 5.02 Å². The third-order valence-corrected chi connectivity index (χ3v) is 2.66. The van der Waals surface area contributed by atoms with Crippen LogP contribution >= 0.6 is 11.6 Å². The fraction of sp³-hybridized carbons (Fsp3) is 0.250. The van der Waals surface area contributed by atoms with Gasteiger partial charge in [0.2, 0.25) is 5.91 Å². The van der Waals surface area contributed by atoms with Crippen LogP contribution in [0.3, 0.4) is 0 Å². The van der Waals surface area contributed by atoms with Gasteiger partial charge in [-0.3, -0.25) is 19.3 Å². The SMILES string of the molecule is NC(CC(=O)O)C(=O)N(CC(=O)O)c1ccc(Cl)cc1. The zero-order chi connectivity index (χ0) is 15.3. The number of carboxylic acids is 2. The Labute approximate surface area is 119 Å². The molecule has 0 heterocycles.